The van der Waals surface area contributed by atoms with E-state index in [9.17, 15) is 17.3 Å². The van der Waals surface area contributed by atoms with Crippen molar-refractivity contribution >= 4 is 22.9 Å². The summed E-state index contributed by atoms with van der Waals surface area (Å²) < 4.78 is 40.2. The number of hydrogen-bond acceptors (Lipinski definition) is 4. The zero-order valence-corrected chi connectivity index (χ0v) is 28.9. The summed E-state index contributed by atoms with van der Waals surface area (Å²) in [6, 6.07) is 26.0. The zero-order valence-electron chi connectivity index (χ0n) is 27.3. The number of pyridine rings is 1. The summed E-state index contributed by atoms with van der Waals surface area (Å²) in [6.45, 7) is 16.2. The summed E-state index contributed by atoms with van der Waals surface area (Å²) in [5, 5.41) is 0. The average Bonchev–Trinajstić information content (AvgIpc) is 3.29. The minimum absolute atomic E-state index is 0.973. The van der Waals surface area contributed by atoms with Crippen LogP contribution in [0.2, 0.25) is 0 Å². The first kappa shape index (κ1) is 37.9. The third-order valence-electron chi connectivity index (χ3n) is 6.60. The third-order valence-corrected chi connectivity index (χ3v) is 7.44. The Morgan fingerprint density at radius 1 is 0.733 bits per heavy atom. The maximum absolute atomic E-state index is 9.75. The van der Waals surface area contributed by atoms with Gasteiger partial charge >= 0.3 is 164 Å². The monoisotopic (exact) mass is 712 g/mol. The molecule has 4 aromatic rings. The van der Waals surface area contributed by atoms with Crippen molar-refractivity contribution in [2.75, 3.05) is 37.0 Å². The van der Waals surface area contributed by atoms with Gasteiger partial charge in [0, 0.05) is 18.9 Å². The number of aromatic nitrogens is 1. The van der Waals surface area contributed by atoms with Crippen LogP contribution in [0.4, 0.5) is 28.6 Å². The normalized spacial score (nSPS) is 12.6. The first-order chi connectivity index (χ1) is 21.1. The summed E-state index contributed by atoms with van der Waals surface area (Å²) >= 11 is 3.56. The second kappa shape index (κ2) is 18.0. The second-order valence-corrected chi connectivity index (χ2v) is 11.9. The van der Waals surface area contributed by atoms with Crippen molar-refractivity contribution in [3.05, 3.63) is 124 Å². The van der Waals surface area contributed by atoms with Crippen molar-refractivity contribution in [3.63, 3.8) is 0 Å². The molecule has 246 valence electrons. The number of anilines is 2. The molecule has 0 amide bonds. The summed E-state index contributed by atoms with van der Waals surface area (Å²) in [5.41, 5.74) is 12.0. The van der Waals surface area contributed by atoms with Gasteiger partial charge in [0.15, 0.2) is 0 Å². The zero-order chi connectivity index (χ0) is 33.7. The van der Waals surface area contributed by atoms with Gasteiger partial charge < -0.3 is 22.2 Å². The van der Waals surface area contributed by atoms with Crippen LogP contribution in [-0.4, -0.2) is 48.6 Å². The molecule has 1 aliphatic rings. The fourth-order valence-corrected chi connectivity index (χ4v) is 5.98. The van der Waals surface area contributed by atoms with Crippen LogP contribution in [0.5, 0.6) is 0 Å². The van der Waals surface area contributed by atoms with Crippen LogP contribution in [0.25, 0.3) is 0 Å². The predicted molar refractivity (Wildman–Crippen MR) is 178 cm³/mol. The molecule has 0 unspecified atom stereocenters. The van der Waals surface area contributed by atoms with E-state index in [1.54, 1.807) is 12.4 Å². The van der Waals surface area contributed by atoms with Crippen molar-refractivity contribution < 1.29 is 36.0 Å². The second-order valence-electron chi connectivity index (χ2n) is 11.2. The number of rotatable bonds is 4. The Morgan fingerprint density at radius 3 is 1.44 bits per heavy atom. The molecule has 0 N–H and O–H groups in total. The summed E-state index contributed by atoms with van der Waals surface area (Å²) in [5.74, 6) is 0. The van der Waals surface area contributed by atoms with E-state index in [1.807, 2.05) is 36.4 Å². The quantitative estimate of drug-likeness (QED) is 0.120. The van der Waals surface area contributed by atoms with E-state index in [0.29, 0.717) is 0 Å². The Balaban J connectivity index is 0.000000273. The van der Waals surface area contributed by atoms with Gasteiger partial charge in [0.05, 0.1) is 0 Å². The fraction of sp³-hybridized carbons (Fsp3) is 0.314. The molecule has 10 heteroatoms. The molecule has 0 atom stereocenters. The summed E-state index contributed by atoms with van der Waals surface area (Å²) in [6.07, 6.45) is 3.50. The van der Waals surface area contributed by atoms with Gasteiger partial charge in [-0.15, -0.1) is 5.56 Å². The molecular formula is C35H43BF4N4Pd-2. The van der Waals surface area contributed by atoms with Crippen LogP contribution < -0.4 is 9.80 Å². The van der Waals surface area contributed by atoms with Crippen molar-refractivity contribution in [3.8, 4) is 0 Å². The first-order valence-corrected chi connectivity index (χ1v) is 15.4. The average molecular weight is 713 g/mol. The minimum Gasteiger partial charge on any atom is -0.418 e. The summed E-state index contributed by atoms with van der Waals surface area (Å²) in [7, 11) is -1.89. The van der Waals surface area contributed by atoms with Gasteiger partial charge in [-0.25, -0.2) is 0 Å². The van der Waals surface area contributed by atoms with Crippen LogP contribution in [0.15, 0.2) is 79.1 Å². The van der Waals surface area contributed by atoms with Gasteiger partial charge in [0.25, 0.3) is 0 Å². The van der Waals surface area contributed by atoms with E-state index < -0.39 is 7.25 Å². The van der Waals surface area contributed by atoms with E-state index in [4.69, 9.17) is 0 Å². The number of benzene rings is 3. The van der Waals surface area contributed by atoms with E-state index in [-0.39, 0.29) is 0 Å². The Labute approximate surface area is 277 Å². The number of nitrogens with zero attached hydrogens (tertiary/aromatic N) is 4. The molecule has 1 saturated heterocycles. The smallest absolute Gasteiger partial charge is 0.418 e. The maximum Gasteiger partial charge on any atom is 0.673 e. The number of halogens is 4. The molecule has 1 fully saturated rings. The van der Waals surface area contributed by atoms with Gasteiger partial charge in [-0.05, 0) is 26.2 Å². The molecule has 1 aliphatic heterocycles. The molecule has 2 heterocycles. The fourth-order valence-electron chi connectivity index (χ4n) is 5.29. The van der Waals surface area contributed by atoms with Gasteiger partial charge in [0.2, 0.25) is 0 Å². The molecule has 3 aromatic carbocycles. The number of aryl methyl sites for hydroxylation is 6. The van der Waals surface area contributed by atoms with Crippen molar-refractivity contribution in [1.82, 2.24) is 9.88 Å². The Morgan fingerprint density at radius 2 is 1.16 bits per heavy atom. The van der Waals surface area contributed by atoms with E-state index >= 15 is 0 Å². The summed E-state index contributed by atoms with van der Waals surface area (Å²) in [4.78, 5) is 10.8. The number of hydrogen-bond donors (Lipinski definition) is 0. The molecule has 4 nitrogen and oxygen atoms in total. The molecule has 45 heavy (non-hydrogen) atoms. The third kappa shape index (κ3) is 13.3. The predicted octanol–water partition coefficient (Wildman–Crippen LogP) is 8.43. The van der Waals surface area contributed by atoms with E-state index in [1.165, 1.54) is 54.5 Å². The van der Waals surface area contributed by atoms with Crippen LogP contribution >= 0.6 is 0 Å². The Kier molecular flexibility index (Phi) is 15.1. The van der Waals surface area contributed by atoms with Gasteiger partial charge in [-0.2, -0.15) is 30.3 Å². The van der Waals surface area contributed by atoms with Crippen molar-refractivity contribution in [2.24, 2.45) is 0 Å². The van der Waals surface area contributed by atoms with E-state index in [2.05, 4.69) is 130 Å². The molecule has 0 saturated carbocycles. The molecule has 0 spiro atoms. The van der Waals surface area contributed by atoms with Crippen LogP contribution in [0.1, 0.15) is 38.9 Å². The first-order valence-electron chi connectivity index (χ1n) is 14.6. The largest absolute Gasteiger partial charge is 0.673 e. The van der Waals surface area contributed by atoms with Gasteiger partial charge in [-0.1, -0.05) is 6.07 Å². The van der Waals surface area contributed by atoms with Crippen LogP contribution in [0, 0.1) is 47.6 Å². The van der Waals surface area contributed by atoms with Gasteiger partial charge in [0.1, 0.15) is 0 Å². The van der Waals surface area contributed by atoms with E-state index in [0.717, 1.165) is 19.6 Å². The van der Waals surface area contributed by atoms with Crippen molar-refractivity contribution in [1.29, 1.82) is 0 Å². The SMILES string of the molecule is CN(C)Cc1[c-]cccc1.Cc1cc(C)c(N2CCN(c3c(C)cc(C)cc3C)[C]2=[Pd])c(C)c1.F[B-](F)(F)F.c1ccncc1. The molecular weight excluding hydrogens is 670 g/mol. The standard InChI is InChI=1S/C21H26N2.C9H12N.C5H5N.BF4.Pd/c1-14-9-16(3)20(17(4)10-14)22-7-8-23(13-22)21-18(5)11-15(2)12-19(21)6;1-10(2)8-9-6-4-3-5-7-9;1-2-4-6-5-3-1;2-1(3,4)5;/h9-12H,7-8H2,1-6H3;3-6H,8H2,1-2H3;1-5H;;/q;-1;;-1;. The minimum atomic E-state index is -6.00. The van der Waals surface area contributed by atoms with Gasteiger partial charge in [-0.3, -0.25) is 4.98 Å². The molecule has 5 rings (SSSR count). The molecule has 0 radical (unpaired) electrons. The van der Waals surface area contributed by atoms with Crippen molar-refractivity contribution in [2.45, 2.75) is 48.1 Å². The molecule has 0 aliphatic carbocycles. The molecule has 1 aromatic heterocycles. The Hall–Kier alpha value is -3.31. The van der Waals surface area contributed by atoms with Crippen LogP contribution in [-0.2, 0) is 25.3 Å². The Bertz CT molecular complexity index is 1350. The molecule has 0 bridgehead atoms. The topological polar surface area (TPSA) is 22.6 Å². The maximum atomic E-state index is 9.75. The van der Waals surface area contributed by atoms with Crippen LogP contribution in [0.3, 0.4) is 0 Å².